The van der Waals surface area contributed by atoms with E-state index in [1.54, 1.807) is 0 Å². The fraction of sp³-hybridized carbons (Fsp3) is 0.391. The van der Waals surface area contributed by atoms with Crippen LogP contribution in [0.25, 0.3) is 0 Å². The first kappa shape index (κ1) is 24.9. The standard InChI is InChI=1S/C23H24Cl2N4O6/c1-3-5-7-28-20(31)15(18(30)26-22(28)33)14-12-9-11(24)10-13(25)17(12)35-19-16(14)21(32)29(8-6-4-2)23(34)27-19/h9-10,14,31H,3-8H2,1-2H3,(H,27,34)(H,26,30,33)/t14-/m1/s1. The zero-order chi connectivity index (χ0) is 25.4. The number of aromatic amines is 2. The fourth-order valence-electron chi connectivity index (χ4n) is 4.24. The summed E-state index contributed by atoms with van der Waals surface area (Å²) in [5.74, 6) is -1.93. The molecule has 0 spiro atoms. The van der Waals surface area contributed by atoms with Crippen molar-refractivity contribution in [3.8, 4) is 17.5 Å². The molecule has 186 valence electrons. The normalized spacial score (nSPS) is 14.3. The van der Waals surface area contributed by atoms with Crippen molar-refractivity contribution in [2.75, 3.05) is 0 Å². The number of fused-ring (bicyclic) bond motifs is 2. The summed E-state index contributed by atoms with van der Waals surface area (Å²) in [7, 11) is 0. The molecule has 1 atom stereocenters. The average molecular weight is 523 g/mol. The van der Waals surface area contributed by atoms with Crippen LogP contribution in [0.4, 0.5) is 0 Å². The molecule has 1 aromatic carbocycles. The van der Waals surface area contributed by atoms with Crippen LogP contribution < -0.4 is 27.2 Å². The van der Waals surface area contributed by atoms with Crippen LogP contribution in [0.1, 0.15) is 62.1 Å². The number of hydrogen-bond acceptors (Lipinski definition) is 6. The number of H-pyrrole nitrogens is 2. The van der Waals surface area contributed by atoms with Crippen molar-refractivity contribution in [1.29, 1.82) is 0 Å². The van der Waals surface area contributed by atoms with Gasteiger partial charge in [0.2, 0.25) is 11.8 Å². The number of aromatic nitrogens is 4. The van der Waals surface area contributed by atoms with E-state index in [1.165, 1.54) is 12.1 Å². The minimum Gasteiger partial charge on any atom is -0.494 e. The van der Waals surface area contributed by atoms with Crippen molar-refractivity contribution in [3.63, 3.8) is 0 Å². The van der Waals surface area contributed by atoms with Crippen molar-refractivity contribution in [3.05, 3.63) is 80.5 Å². The van der Waals surface area contributed by atoms with Crippen LogP contribution in [0, 0.1) is 0 Å². The molecular weight excluding hydrogens is 499 g/mol. The molecule has 0 saturated heterocycles. The molecule has 3 N–H and O–H groups in total. The highest BCUT2D eigenvalue weighted by atomic mass is 35.5. The number of hydrogen-bond donors (Lipinski definition) is 3. The Morgan fingerprint density at radius 3 is 2.23 bits per heavy atom. The summed E-state index contributed by atoms with van der Waals surface area (Å²) in [5, 5.41) is 11.4. The Hall–Kier alpha value is -3.24. The second-order valence-electron chi connectivity index (χ2n) is 8.33. The number of ether oxygens (including phenoxy) is 1. The zero-order valence-electron chi connectivity index (χ0n) is 19.1. The van der Waals surface area contributed by atoms with Crippen LogP contribution in [0.2, 0.25) is 10.0 Å². The Kier molecular flexibility index (Phi) is 6.95. The van der Waals surface area contributed by atoms with Gasteiger partial charge in [-0.25, -0.2) is 9.59 Å². The molecule has 4 rings (SSSR count). The first-order valence-electron chi connectivity index (χ1n) is 11.3. The van der Waals surface area contributed by atoms with E-state index in [4.69, 9.17) is 27.9 Å². The van der Waals surface area contributed by atoms with Gasteiger partial charge < -0.3 is 9.84 Å². The van der Waals surface area contributed by atoms with Crippen LogP contribution >= 0.6 is 23.2 Å². The molecule has 10 nitrogen and oxygen atoms in total. The lowest BCUT2D eigenvalue weighted by atomic mass is 9.84. The Labute approximate surface area is 208 Å². The molecule has 3 aromatic rings. The molecular formula is C23H24Cl2N4O6. The molecule has 0 saturated carbocycles. The van der Waals surface area contributed by atoms with Gasteiger partial charge in [-0.2, -0.15) is 0 Å². The molecule has 1 aliphatic heterocycles. The van der Waals surface area contributed by atoms with Crippen LogP contribution in [0.3, 0.4) is 0 Å². The first-order valence-corrected chi connectivity index (χ1v) is 12.0. The van der Waals surface area contributed by atoms with Crippen LogP contribution in [-0.4, -0.2) is 24.2 Å². The SMILES string of the molecule is CCCCn1c(O)c([C@H]2c3cc(Cl)cc(Cl)c3Oc3[nH]c(=O)n(CCCC)c(=O)c32)c(=O)[nH]c1=O. The quantitative estimate of drug-likeness (QED) is 0.340. The zero-order valence-corrected chi connectivity index (χ0v) is 20.6. The molecule has 2 aromatic heterocycles. The second-order valence-corrected chi connectivity index (χ2v) is 9.17. The minimum absolute atomic E-state index is 0.0695. The number of halogens is 2. The van der Waals surface area contributed by atoms with Gasteiger partial charge in [0.1, 0.15) is 0 Å². The Balaban J connectivity index is 2.10. The van der Waals surface area contributed by atoms with Gasteiger partial charge in [-0.05, 0) is 25.0 Å². The smallest absolute Gasteiger partial charge is 0.331 e. The second kappa shape index (κ2) is 9.79. The lowest BCUT2D eigenvalue weighted by Crippen LogP contribution is -2.41. The molecule has 3 heterocycles. The highest BCUT2D eigenvalue weighted by Crippen LogP contribution is 2.49. The van der Waals surface area contributed by atoms with Crippen molar-refractivity contribution >= 4 is 23.2 Å². The summed E-state index contributed by atoms with van der Waals surface area (Å²) in [6.45, 7) is 4.13. The molecule has 1 aliphatic rings. The topological polar surface area (TPSA) is 139 Å². The summed E-state index contributed by atoms with van der Waals surface area (Å²) in [5.41, 5.74) is -3.12. The maximum atomic E-state index is 13.6. The van der Waals surface area contributed by atoms with Crippen molar-refractivity contribution in [2.24, 2.45) is 0 Å². The Morgan fingerprint density at radius 1 is 0.943 bits per heavy atom. The van der Waals surface area contributed by atoms with E-state index < -0.39 is 34.3 Å². The van der Waals surface area contributed by atoms with E-state index in [0.29, 0.717) is 12.8 Å². The van der Waals surface area contributed by atoms with E-state index >= 15 is 0 Å². The highest BCUT2D eigenvalue weighted by Gasteiger charge is 2.38. The average Bonchev–Trinajstić information content (AvgIpc) is 2.78. The Bertz CT molecular complexity index is 1530. The van der Waals surface area contributed by atoms with E-state index in [1.807, 2.05) is 13.8 Å². The lowest BCUT2D eigenvalue weighted by molar-refractivity contribution is 0.380. The maximum Gasteiger partial charge on any atom is 0.331 e. The van der Waals surface area contributed by atoms with E-state index in [9.17, 15) is 24.3 Å². The van der Waals surface area contributed by atoms with Gasteiger partial charge in [0.15, 0.2) is 5.75 Å². The largest absolute Gasteiger partial charge is 0.494 e. The summed E-state index contributed by atoms with van der Waals surface area (Å²) >= 11 is 12.6. The van der Waals surface area contributed by atoms with Gasteiger partial charge in [-0.15, -0.1) is 0 Å². The van der Waals surface area contributed by atoms with Crippen molar-refractivity contribution in [1.82, 2.24) is 19.1 Å². The summed E-state index contributed by atoms with van der Waals surface area (Å²) in [6.07, 6.45) is 2.60. The third-order valence-corrected chi connectivity index (χ3v) is 6.49. The number of benzene rings is 1. The van der Waals surface area contributed by atoms with Crippen LogP contribution in [0.15, 0.2) is 31.3 Å². The van der Waals surface area contributed by atoms with Gasteiger partial charge in [0.25, 0.3) is 11.1 Å². The molecule has 0 bridgehead atoms. The Morgan fingerprint density at radius 2 is 1.57 bits per heavy atom. The number of unbranched alkanes of at least 4 members (excludes halogenated alkanes) is 2. The summed E-state index contributed by atoms with van der Waals surface area (Å²) < 4.78 is 7.88. The summed E-state index contributed by atoms with van der Waals surface area (Å²) in [4.78, 5) is 56.6. The van der Waals surface area contributed by atoms with Crippen molar-refractivity contribution < 1.29 is 9.84 Å². The fourth-order valence-corrected chi connectivity index (χ4v) is 4.79. The van der Waals surface area contributed by atoms with E-state index in [-0.39, 0.29) is 51.5 Å². The summed E-state index contributed by atoms with van der Waals surface area (Å²) in [6, 6.07) is 2.88. The van der Waals surface area contributed by atoms with Gasteiger partial charge in [-0.1, -0.05) is 49.9 Å². The highest BCUT2D eigenvalue weighted by molar-refractivity contribution is 6.35. The molecule has 0 unspecified atom stereocenters. The number of nitrogens with zero attached hydrogens (tertiary/aromatic N) is 2. The third kappa shape index (κ3) is 4.32. The molecule has 0 amide bonds. The van der Waals surface area contributed by atoms with Crippen LogP contribution in [0.5, 0.6) is 17.5 Å². The van der Waals surface area contributed by atoms with Crippen LogP contribution in [-0.2, 0) is 13.1 Å². The van der Waals surface area contributed by atoms with Crippen molar-refractivity contribution in [2.45, 2.75) is 58.5 Å². The van der Waals surface area contributed by atoms with E-state index in [0.717, 1.165) is 22.0 Å². The number of rotatable bonds is 7. The number of aromatic hydroxyl groups is 1. The maximum absolute atomic E-state index is 13.6. The van der Waals surface area contributed by atoms with Gasteiger partial charge in [-0.3, -0.25) is 28.7 Å². The number of nitrogens with one attached hydrogen (secondary N) is 2. The molecule has 0 fully saturated rings. The monoisotopic (exact) mass is 522 g/mol. The predicted molar refractivity (Wildman–Crippen MR) is 132 cm³/mol. The molecule has 0 radical (unpaired) electrons. The predicted octanol–water partition coefficient (Wildman–Crippen LogP) is 3.29. The van der Waals surface area contributed by atoms with E-state index in [2.05, 4.69) is 9.97 Å². The minimum atomic E-state index is -1.22. The third-order valence-electron chi connectivity index (χ3n) is 5.99. The van der Waals surface area contributed by atoms with Gasteiger partial charge >= 0.3 is 11.4 Å². The lowest BCUT2D eigenvalue weighted by Gasteiger charge is -2.29. The molecule has 12 heteroatoms. The molecule has 0 aliphatic carbocycles. The van der Waals surface area contributed by atoms with Gasteiger partial charge in [0, 0.05) is 23.7 Å². The first-order chi connectivity index (χ1) is 16.7. The van der Waals surface area contributed by atoms with Gasteiger partial charge in [0.05, 0.1) is 22.1 Å². The molecule has 35 heavy (non-hydrogen) atoms.